The largest absolute Gasteiger partial charge is 0.434 e. The summed E-state index contributed by atoms with van der Waals surface area (Å²) in [6.07, 6.45) is -3.60. The summed E-state index contributed by atoms with van der Waals surface area (Å²) in [4.78, 5) is 3.43. The third-order valence-electron chi connectivity index (χ3n) is 2.07. The summed E-state index contributed by atoms with van der Waals surface area (Å²) in [5, 5.41) is 2.84. The second-order valence-corrected chi connectivity index (χ2v) is 7.79. The van der Waals surface area contributed by atoms with E-state index in [0.717, 1.165) is 17.6 Å². The first-order valence-electron chi connectivity index (χ1n) is 5.46. The third-order valence-corrected chi connectivity index (χ3v) is 4.10. The van der Waals surface area contributed by atoms with Gasteiger partial charge in [0.25, 0.3) is 0 Å². The van der Waals surface area contributed by atoms with Gasteiger partial charge >= 0.3 is 6.18 Å². The van der Waals surface area contributed by atoms with Gasteiger partial charge in [-0.25, -0.2) is 13.4 Å². The fourth-order valence-corrected chi connectivity index (χ4v) is 3.55. The molecule has 0 radical (unpaired) electrons. The van der Waals surface area contributed by atoms with Crippen LogP contribution < -0.4 is 5.32 Å². The van der Waals surface area contributed by atoms with Crippen LogP contribution in [-0.2, 0) is 28.3 Å². The van der Waals surface area contributed by atoms with Crippen LogP contribution in [0.1, 0.15) is 29.4 Å². The monoisotopic (exact) mass is 316 g/mol. The molecule has 0 aliphatic carbocycles. The van der Waals surface area contributed by atoms with Crippen molar-refractivity contribution in [3.63, 3.8) is 0 Å². The SMILES string of the molecule is CC(C)NCc1sc(CS(C)(=O)=O)nc1C(F)(F)F. The minimum atomic E-state index is -4.57. The van der Waals surface area contributed by atoms with E-state index < -0.39 is 27.5 Å². The van der Waals surface area contributed by atoms with E-state index in [2.05, 4.69) is 10.3 Å². The Morgan fingerprint density at radius 2 is 1.95 bits per heavy atom. The lowest BCUT2D eigenvalue weighted by molar-refractivity contribution is -0.141. The number of thiazole rings is 1. The molecule has 0 fully saturated rings. The molecule has 0 aromatic carbocycles. The Morgan fingerprint density at radius 1 is 1.37 bits per heavy atom. The van der Waals surface area contributed by atoms with Crippen LogP contribution in [0.4, 0.5) is 13.2 Å². The number of hydrogen-bond donors (Lipinski definition) is 1. The summed E-state index contributed by atoms with van der Waals surface area (Å²) in [5.41, 5.74) is -0.996. The summed E-state index contributed by atoms with van der Waals surface area (Å²) in [5.74, 6) is -0.470. The van der Waals surface area contributed by atoms with E-state index in [1.807, 2.05) is 13.8 Å². The highest BCUT2D eigenvalue weighted by atomic mass is 32.2. The van der Waals surface area contributed by atoms with Gasteiger partial charge < -0.3 is 5.32 Å². The van der Waals surface area contributed by atoms with Crippen molar-refractivity contribution in [3.8, 4) is 0 Å². The van der Waals surface area contributed by atoms with Gasteiger partial charge in [0.15, 0.2) is 15.5 Å². The van der Waals surface area contributed by atoms with Crippen LogP contribution in [0.25, 0.3) is 0 Å². The summed E-state index contributed by atoms with van der Waals surface area (Å²) in [6.45, 7) is 3.64. The number of nitrogens with zero attached hydrogens (tertiary/aromatic N) is 1. The molecule has 1 rings (SSSR count). The standard InChI is InChI=1S/C10H15F3N2O2S2/c1-6(2)14-4-7-9(10(11,12)13)15-8(18-7)5-19(3,16)17/h6,14H,4-5H2,1-3H3. The number of hydrogen-bond acceptors (Lipinski definition) is 5. The molecule has 0 aliphatic heterocycles. The molecule has 0 unspecified atom stereocenters. The summed E-state index contributed by atoms with van der Waals surface area (Å²) < 4.78 is 60.6. The number of alkyl halides is 3. The van der Waals surface area contributed by atoms with Gasteiger partial charge in [0.05, 0.1) is 4.88 Å². The molecule has 0 amide bonds. The van der Waals surface area contributed by atoms with Gasteiger partial charge in [0, 0.05) is 18.8 Å². The molecule has 0 saturated heterocycles. The maximum Gasteiger partial charge on any atom is 0.434 e. The van der Waals surface area contributed by atoms with Crippen molar-refractivity contribution in [1.29, 1.82) is 0 Å². The molecule has 0 spiro atoms. The first-order valence-corrected chi connectivity index (χ1v) is 8.33. The molecule has 1 aromatic rings. The molecule has 0 aliphatic rings. The average molecular weight is 316 g/mol. The van der Waals surface area contributed by atoms with Gasteiger partial charge in [-0.15, -0.1) is 11.3 Å². The predicted molar refractivity (Wildman–Crippen MR) is 67.6 cm³/mol. The van der Waals surface area contributed by atoms with E-state index >= 15 is 0 Å². The number of aromatic nitrogens is 1. The molecule has 0 saturated carbocycles. The molecular formula is C10H15F3N2O2S2. The molecule has 110 valence electrons. The summed E-state index contributed by atoms with van der Waals surface area (Å²) in [7, 11) is -3.40. The van der Waals surface area contributed by atoms with Crippen molar-refractivity contribution in [1.82, 2.24) is 10.3 Å². The fourth-order valence-electron chi connectivity index (χ4n) is 1.32. The van der Waals surface area contributed by atoms with E-state index in [9.17, 15) is 21.6 Å². The molecule has 1 aromatic heterocycles. The second kappa shape index (κ2) is 5.76. The Labute approximate surface area is 114 Å². The highest BCUT2D eigenvalue weighted by molar-refractivity contribution is 7.90. The highest BCUT2D eigenvalue weighted by Gasteiger charge is 2.37. The zero-order valence-electron chi connectivity index (χ0n) is 10.7. The molecule has 19 heavy (non-hydrogen) atoms. The third kappa shape index (κ3) is 5.45. The van der Waals surface area contributed by atoms with E-state index in [4.69, 9.17) is 0 Å². The van der Waals surface area contributed by atoms with Crippen LogP contribution in [-0.4, -0.2) is 25.7 Å². The normalized spacial score (nSPS) is 13.2. The van der Waals surface area contributed by atoms with E-state index in [-0.39, 0.29) is 22.5 Å². The Morgan fingerprint density at radius 3 is 2.37 bits per heavy atom. The Kier molecular flexibility index (Phi) is 4.97. The number of nitrogens with one attached hydrogen (secondary N) is 1. The predicted octanol–water partition coefficient (Wildman–Crippen LogP) is 2.20. The van der Waals surface area contributed by atoms with E-state index in [1.54, 1.807) is 0 Å². The smallest absolute Gasteiger partial charge is 0.310 e. The quantitative estimate of drug-likeness (QED) is 0.905. The van der Waals surface area contributed by atoms with Crippen LogP contribution in [0.3, 0.4) is 0 Å². The molecule has 1 heterocycles. The van der Waals surface area contributed by atoms with E-state index in [1.165, 1.54) is 0 Å². The van der Waals surface area contributed by atoms with Crippen molar-refractivity contribution in [2.24, 2.45) is 0 Å². The van der Waals surface area contributed by atoms with Crippen LogP contribution in [0.2, 0.25) is 0 Å². The molecule has 0 bridgehead atoms. The minimum Gasteiger partial charge on any atom is -0.310 e. The molecule has 9 heteroatoms. The van der Waals surface area contributed by atoms with Gasteiger partial charge in [0.1, 0.15) is 10.8 Å². The van der Waals surface area contributed by atoms with Crippen LogP contribution in [0.15, 0.2) is 0 Å². The maximum absolute atomic E-state index is 12.8. The lowest BCUT2D eigenvalue weighted by atomic mass is 10.3. The first kappa shape index (κ1) is 16.4. The topological polar surface area (TPSA) is 59.1 Å². The fraction of sp³-hybridized carbons (Fsp3) is 0.700. The van der Waals surface area contributed by atoms with Crippen molar-refractivity contribution in [2.75, 3.05) is 6.26 Å². The number of rotatable bonds is 5. The summed E-state index contributed by atoms with van der Waals surface area (Å²) >= 11 is 0.782. The highest BCUT2D eigenvalue weighted by Crippen LogP contribution is 2.34. The average Bonchev–Trinajstić information content (AvgIpc) is 2.54. The molecular weight excluding hydrogens is 301 g/mol. The van der Waals surface area contributed by atoms with Crippen LogP contribution in [0.5, 0.6) is 0 Å². The summed E-state index contributed by atoms with van der Waals surface area (Å²) in [6, 6.07) is 0.0292. The lowest BCUT2D eigenvalue weighted by Gasteiger charge is -2.09. The zero-order valence-corrected chi connectivity index (χ0v) is 12.3. The Bertz CT molecular complexity index is 535. The maximum atomic E-state index is 12.8. The number of halogens is 3. The van der Waals surface area contributed by atoms with Gasteiger partial charge in [-0.1, -0.05) is 13.8 Å². The Balaban J connectivity index is 3.06. The van der Waals surface area contributed by atoms with Crippen molar-refractivity contribution < 1.29 is 21.6 Å². The Hall–Kier alpha value is -0.670. The van der Waals surface area contributed by atoms with Gasteiger partial charge in [-0.2, -0.15) is 13.2 Å². The van der Waals surface area contributed by atoms with Gasteiger partial charge in [0.2, 0.25) is 0 Å². The number of sulfone groups is 1. The van der Waals surface area contributed by atoms with Crippen molar-refractivity contribution in [2.45, 2.75) is 38.4 Å². The zero-order chi connectivity index (χ0) is 14.8. The van der Waals surface area contributed by atoms with Gasteiger partial charge in [-0.3, -0.25) is 0 Å². The lowest BCUT2D eigenvalue weighted by Crippen LogP contribution is -2.23. The molecule has 1 N–H and O–H groups in total. The second-order valence-electron chi connectivity index (χ2n) is 4.48. The van der Waals surface area contributed by atoms with E-state index in [0.29, 0.717) is 0 Å². The van der Waals surface area contributed by atoms with Crippen LogP contribution in [0, 0.1) is 0 Å². The van der Waals surface area contributed by atoms with Crippen molar-refractivity contribution >= 4 is 21.2 Å². The van der Waals surface area contributed by atoms with Gasteiger partial charge in [-0.05, 0) is 0 Å². The molecule has 4 nitrogen and oxygen atoms in total. The minimum absolute atomic E-state index is 0.0138. The van der Waals surface area contributed by atoms with Crippen LogP contribution >= 0.6 is 11.3 Å². The molecule has 0 atom stereocenters. The van der Waals surface area contributed by atoms with Crippen molar-refractivity contribution in [3.05, 3.63) is 15.6 Å². The first-order chi connectivity index (χ1) is 8.49.